The first-order chi connectivity index (χ1) is 7.47. The van der Waals surface area contributed by atoms with Crippen LogP contribution in [0.15, 0.2) is 30.5 Å². The average molecular weight is 240 g/mol. The van der Waals surface area contributed by atoms with Gasteiger partial charge in [0.05, 0.1) is 5.57 Å². The summed E-state index contributed by atoms with van der Waals surface area (Å²) < 4.78 is 25.4. The van der Waals surface area contributed by atoms with Gasteiger partial charge in [-0.25, -0.2) is 0 Å². The van der Waals surface area contributed by atoms with Gasteiger partial charge in [0.25, 0.3) is 5.91 Å². The van der Waals surface area contributed by atoms with Gasteiger partial charge in [0.15, 0.2) is 0 Å². The van der Waals surface area contributed by atoms with Crippen molar-refractivity contribution in [1.82, 2.24) is 0 Å². The molecule has 1 aromatic rings. The van der Waals surface area contributed by atoms with Gasteiger partial charge in [0, 0.05) is 11.3 Å². The molecule has 0 saturated heterocycles. The van der Waals surface area contributed by atoms with Gasteiger partial charge in [0.1, 0.15) is 6.26 Å². The predicted molar refractivity (Wildman–Crippen MR) is 57.2 cm³/mol. The summed E-state index contributed by atoms with van der Waals surface area (Å²) in [6, 6.07) is 6.85. The molecule has 1 aromatic carbocycles. The largest absolute Gasteiger partial charge is 0.379 e. The molecule has 2 rings (SSSR count). The van der Waals surface area contributed by atoms with Gasteiger partial charge in [-0.2, -0.15) is 13.6 Å². The summed E-state index contributed by atoms with van der Waals surface area (Å²) in [7, 11) is -4.09. The van der Waals surface area contributed by atoms with Crippen molar-refractivity contribution in [2.75, 3.05) is 5.32 Å². The quantitative estimate of drug-likeness (QED) is 0.569. The Bertz CT molecular complexity index is 577. The molecule has 1 aliphatic rings. The highest BCUT2D eigenvalue weighted by atomic mass is 32.2. The van der Waals surface area contributed by atoms with Crippen LogP contribution < -0.4 is 10.5 Å². The first kappa shape index (κ1) is 10.7. The maximum Gasteiger partial charge on any atom is 0.379 e. The third-order valence-corrected chi connectivity index (χ3v) is 2.37. The average Bonchev–Trinajstić information content (AvgIpc) is 2.49. The summed E-state index contributed by atoms with van der Waals surface area (Å²) in [5, 5.41) is 7.21. The zero-order valence-electron chi connectivity index (χ0n) is 8.01. The van der Waals surface area contributed by atoms with Crippen molar-refractivity contribution < 1.29 is 17.4 Å². The summed E-state index contributed by atoms with van der Waals surface area (Å²) >= 11 is 0. The molecule has 1 heterocycles. The lowest BCUT2D eigenvalue weighted by Gasteiger charge is -1.97. The van der Waals surface area contributed by atoms with Gasteiger partial charge >= 0.3 is 10.3 Å². The van der Waals surface area contributed by atoms with Crippen LogP contribution in [0.4, 0.5) is 5.69 Å². The second-order valence-corrected chi connectivity index (χ2v) is 4.30. The van der Waals surface area contributed by atoms with Crippen LogP contribution in [0, 0.1) is 0 Å². The van der Waals surface area contributed by atoms with Gasteiger partial charge in [-0.3, -0.25) is 4.79 Å². The summed E-state index contributed by atoms with van der Waals surface area (Å²) in [5.41, 5.74) is 1.32. The van der Waals surface area contributed by atoms with E-state index >= 15 is 0 Å². The van der Waals surface area contributed by atoms with Gasteiger partial charge in [-0.1, -0.05) is 18.2 Å². The Balaban J connectivity index is 2.40. The van der Waals surface area contributed by atoms with Crippen molar-refractivity contribution in [2.45, 2.75) is 0 Å². The lowest BCUT2D eigenvalue weighted by Crippen LogP contribution is -2.13. The van der Waals surface area contributed by atoms with Crippen LogP contribution in [-0.2, 0) is 19.3 Å². The molecule has 6 nitrogen and oxygen atoms in total. The molecule has 0 spiro atoms. The molecule has 0 saturated carbocycles. The highest BCUT2D eigenvalue weighted by molar-refractivity contribution is 7.84. The molecule has 1 amide bonds. The molecular weight excluding hydrogens is 232 g/mol. The number of rotatable bonds is 2. The molecule has 16 heavy (non-hydrogen) atoms. The number of para-hydroxylation sites is 1. The van der Waals surface area contributed by atoms with Crippen molar-refractivity contribution >= 4 is 27.5 Å². The monoisotopic (exact) mass is 240 g/mol. The standard InChI is InChI=1S/C9H8N2O4S/c10-16(13,14)15-5-7-6-3-1-2-4-8(6)11-9(7)12/h1-5H,(H,11,12)(H2,10,13,14). The number of benzene rings is 1. The fourth-order valence-electron chi connectivity index (χ4n) is 1.37. The third kappa shape index (κ3) is 2.05. The predicted octanol–water partition coefficient (Wildman–Crippen LogP) is 0.200. The van der Waals surface area contributed by atoms with Crippen LogP contribution in [0.5, 0.6) is 0 Å². The number of nitrogens with two attached hydrogens (primary N) is 1. The number of nitrogens with one attached hydrogen (secondary N) is 1. The minimum atomic E-state index is -4.09. The molecule has 0 radical (unpaired) electrons. The molecule has 7 heteroatoms. The van der Waals surface area contributed by atoms with Gasteiger partial charge in [-0.15, -0.1) is 0 Å². The van der Waals surface area contributed by atoms with E-state index in [9.17, 15) is 13.2 Å². The highest BCUT2D eigenvalue weighted by Gasteiger charge is 2.24. The summed E-state index contributed by atoms with van der Waals surface area (Å²) in [5.74, 6) is -0.426. The molecule has 0 bridgehead atoms. The van der Waals surface area contributed by atoms with Crippen LogP contribution in [0.25, 0.3) is 5.57 Å². The topological polar surface area (TPSA) is 98.5 Å². The van der Waals surface area contributed by atoms with E-state index in [1.54, 1.807) is 24.3 Å². The van der Waals surface area contributed by atoms with Crippen molar-refractivity contribution in [3.63, 3.8) is 0 Å². The van der Waals surface area contributed by atoms with Crippen LogP contribution in [0.1, 0.15) is 5.56 Å². The molecular formula is C9H8N2O4S. The lowest BCUT2D eigenvalue weighted by atomic mass is 10.1. The first-order valence-corrected chi connectivity index (χ1v) is 5.76. The lowest BCUT2D eigenvalue weighted by molar-refractivity contribution is -0.110. The zero-order chi connectivity index (χ0) is 11.8. The number of fused-ring (bicyclic) bond motifs is 1. The van der Waals surface area contributed by atoms with Gasteiger partial charge in [-0.05, 0) is 6.07 Å². The number of amides is 1. The van der Waals surface area contributed by atoms with E-state index in [2.05, 4.69) is 14.6 Å². The normalized spacial score (nSPS) is 17.1. The van der Waals surface area contributed by atoms with Crippen LogP contribution in [-0.4, -0.2) is 14.3 Å². The van der Waals surface area contributed by atoms with Crippen LogP contribution in [0.2, 0.25) is 0 Å². The SMILES string of the molecule is NS(=O)(=O)OC=C1C(=O)Nc2ccccc21. The van der Waals surface area contributed by atoms with E-state index in [-0.39, 0.29) is 5.57 Å². The molecule has 0 unspecified atom stereocenters. The fourth-order valence-corrected chi connectivity index (χ4v) is 1.60. The zero-order valence-corrected chi connectivity index (χ0v) is 8.82. The van der Waals surface area contributed by atoms with Crippen molar-refractivity contribution in [3.05, 3.63) is 36.1 Å². The Hall–Kier alpha value is -1.86. The number of carbonyl (C=O) groups excluding carboxylic acids is 1. The Morgan fingerprint density at radius 2 is 2.00 bits per heavy atom. The molecule has 0 aliphatic carbocycles. The van der Waals surface area contributed by atoms with Gasteiger partial charge < -0.3 is 9.50 Å². The second-order valence-electron chi connectivity index (χ2n) is 3.12. The Morgan fingerprint density at radius 1 is 1.31 bits per heavy atom. The van der Waals surface area contributed by atoms with E-state index in [0.29, 0.717) is 11.3 Å². The molecule has 0 atom stereocenters. The smallest absolute Gasteiger partial charge is 0.378 e. The minimum Gasteiger partial charge on any atom is -0.378 e. The van der Waals surface area contributed by atoms with Crippen LogP contribution in [0.3, 0.4) is 0 Å². The maximum absolute atomic E-state index is 11.5. The summed E-state index contributed by atoms with van der Waals surface area (Å²) in [4.78, 5) is 11.5. The van der Waals surface area contributed by atoms with E-state index in [4.69, 9.17) is 0 Å². The Kier molecular flexibility index (Phi) is 2.41. The van der Waals surface area contributed by atoms with Crippen molar-refractivity contribution in [3.8, 4) is 0 Å². The maximum atomic E-state index is 11.5. The molecule has 3 N–H and O–H groups in total. The van der Waals surface area contributed by atoms with Gasteiger partial charge in [0.2, 0.25) is 0 Å². The Morgan fingerprint density at radius 3 is 2.69 bits per heavy atom. The van der Waals surface area contributed by atoms with E-state index in [1.165, 1.54) is 0 Å². The minimum absolute atomic E-state index is 0.129. The first-order valence-electron chi connectivity index (χ1n) is 4.29. The molecule has 1 aliphatic heterocycles. The molecule has 84 valence electrons. The third-order valence-electron chi connectivity index (χ3n) is 2.01. The van der Waals surface area contributed by atoms with Crippen molar-refractivity contribution in [2.24, 2.45) is 5.14 Å². The Labute approximate surface area is 92.0 Å². The fraction of sp³-hybridized carbons (Fsp3) is 0. The molecule has 0 aromatic heterocycles. The van der Waals surface area contributed by atoms with E-state index in [0.717, 1.165) is 6.26 Å². The number of carbonyl (C=O) groups is 1. The van der Waals surface area contributed by atoms with Crippen LogP contribution >= 0.6 is 0 Å². The number of anilines is 1. The summed E-state index contributed by atoms with van der Waals surface area (Å²) in [6.45, 7) is 0. The van der Waals surface area contributed by atoms with E-state index in [1.807, 2.05) is 0 Å². The molecule has 0 fully saturated rings. The van der Waals surface area contributed by atoms with Crippen molar-refractivity contribution in [1.29, 1.82) is 0 Å². The number of hydrogen-bond donors (Lipinski definition) is 2. The second kappa shape index (κ2) is 3.62. The number of hydrogen-bond acceptors (Lipinski definition) is 4. The van der Waals surface area contributed by atoms with E-state index < -0.39 is 16.2 Å². The highest BCUT2D eigenvalue weighted by Crippen LogP contribution is 2.31. The summed E-state index contributed by atoms with van der Waals surface area (Å²) in [6.07, 6.45) is 0.830.